The molecule has 2 rings (SSSR count). The summed E-state index contributed by atoms with van der Waals surface area (Å²) < 4.78 is 0. The molecule has 0 atom stereocenters. The molecule has 0 aromatic carbocycles. The number of anilines is 1. The van der Waals surface area contributed by atoms with Crippen LogP contribution < -0.4 is 15.5 Å². The predicted octanol–water partition coefficient (Wildman–Crippen LogP) is 3.79. The number of aliphatic imine (C=N–C) groups is 1. The summed E-state index contributed by atoms with van der Waals surface area (Å²) in [7, 11) is 0. The molecule has 0 aliphatic carbocycles. The largest absolute Gasteiger partial charge is 0.357 e. The first-order chi connectivity index (χ1) is 11.7. The smallest absolute Gasteiger partial charge is 0.191 e. The van der Waals surface area contributed by atoms with Gasteiger partial charge in [-0.05, 0) is 43.4 Å². The van der Waals surface area contributed by atoms with E-state index in [4.69, 9.17) is 4.99 Å². The Labute approximate surface area is 170 Å². The summed E-state index contributed by atoms with van der Waals surface area (Å²) >= 11 is 0. The first-order valence-electron chi connectivity index (χ1n) is 9.41. The molecule has 1 saturated heterocycles. The molecule has 0 amide bonds. The quantitative estimate of drug-likeness (QED) is 0.386. The highest BCUT2D eigenvalue weighted by atomic mass is 127. The third kappa shape index (κ3) is 8.25. The van der Waals surface area contributed by atoms with Crippen LogP contribution in [0.5, 0.6) is 0 Å². The van der Waals surface area contributed by atoms with Gasteiger partial charge in [-0.2, -0.15) is 0 Å². The lowest BCUT2D eigenvalue weighted by Crippen LogP contribution is -2.39. The van der Waals surface area contributed by atoms with Gasteiger partial charge in [0.25, 0.3) is 0 Å². The Hall–Kier alpha value is -1.05. The molecule has 0 radical (unpaired) electrons. The number of hydrogen-bond acceptors (Lipinski definition) is 3. The lowest BCUT2D eigenvalue weighted by Gasteiger charge is -2.21. The molecule has 1 aromatic rings. The minimum atomic E-state index is 0. The van der Waals surface area contributed by atoms with Gasteiger partial charge in [0.05, 0.1) is 6.54 Å². The number of aromatic nitrogens is 1. The molecule has 0 unspecified atom stereocenters. The van der Waals surface area contributed by atoms with Crippen LogP contribution in [0.2, 0.25) is 0 Å². The lowest BCUT2D eigenvalue weighted by atomic mass is 10.2. The Morgan fingerprint density at radius 3 is 2.56 bits per heavy atom. The van der Waals surface area contributed by atoms with E-state index in [-0.39, 0.29) is 24.0 Å². The van der Waals surface area contributed by atoms with Gasteiger partial charge >= 0.3 is 0 Å². The Bertz CT molecular complexity index is 510. The van der Waals surface area contributed by atoms with Crippen molar-refractivity contribution in [2.75, 3.05) is 31.1 Å². The maximum Gasteiger partial charge on any atom is 0.191 e. The molecule has 0 saturated carbocycles. The third-order valence-corrected chi connectivity index (χ3v) is 4.18. The van der Waals surface area contributed by atoms with Crippen molar-refractivity contribution in [2.45, 2.75) is 53.0 Å². The van der Waals surface area contributed by atoms with Crippen LogP contribution in [0.15, 0.2) is 23.3 Å². The zero-order chi connectivity index (χ0) is 17.2. The van der Waals surface area contributed by atoms with Crippen LogP contribution in [0.25, 0.3) is 0 Å². The molecule has 1 aliphatic heterocycles. The zero-order valence-corrected chi connectivity index (χ0v) is 18.3. The Kier molecular flexibility index (Phi) is 10.8. The Balaban J connectivity index is 0.00000312. The number of nitrogens with zero attached hydrogens (tertiary/aromatic N) is 3. The van der Waals surface area contributed by atoms with Crippen molar-refractivity contribution in [1.82, 2.24) is 15.6 Å². The van der Waals surface area contributed by atoms with Crippen LogP contribution in [0, 0.1) is 5.92 Å². The van der Waals surface area contributed by atoms with Gasteiger partial charge in [0.1, 0.15) is 5.82 Å². The average Bonchev–Trinajstić information content (AvgIpc) is 2.87. The molecule has 142 valence electrons. The van der Waals surface area contributed by atoms with Crippen LogP contribution in [-0.2, 0) is 6.54 Å². The summed E-state index contributed by atoms with van der Waals surface area (Å²) in [6.45, 7) is 11.2. The normalized spacial score (nSPS) is 15.5. The number of hydrogen-bond donors (Lipinski definition) is 2. The van der Waals surface area contributed by atoms with E-state index in [9.17, 15) is 0 Å². The van der Waals surface area contributed by atoms with Gasteiger partial charge in [0.15, 0.2) is 5.96 Å². The third-order valence-electron chi connectivity index (χ3n) is 4.18. The molecule has 2 heterocycles. The Morgan fingerprint density at radius 1 is 1.20 bits per heavy atom. The molecule has 1 aromatic heterocycles. The van der Waals surface area contributed by atoms with Gasteiger partial charge in [0.2, 0.25) is 0 Å². The fourth-order valence-electron chi connectivity index (χ4n) is 2.84. The monoisotopic (exact) mass is 459 g/mol. The van der Waals surface area contributed by atoms with E-state index in [1.54, 1.807) is 0 Å². The minimum Gasteiger partial charge on any atom is -0.357 e. The topological polar surface area (TPSA) is 52.6 Å². The summed E-state index contributed by atoms with van der Waals surface area (Å²) in [5.41, 5.74) is 1.21. The second kappa shape index (κ2) is 12.3. The summed E-state index contributed by atoms with van der Waals surface area (Å²) in [6.07, 6.45) is 7.14. The summed E-state index contributed by atoms with van der Waals surface area (Å²) in [5.74, 6) is 2.59. The first kappa shape index (κ1) is 22.0. The van der Waals surface area contributed by atoms with Crippen LogP contribution in [0.3, 0.4) is 0 Å². The number of halogens is 1. The minimum absolute atomic E-state index is 0. The van der Waals surface area contributed by atoms with Crippen LogP contribution in [-0.4, -0.2) is 37.1 Å². The maximum atomic E-state index is 4.71. The van der Waals surface area contributed by atoms with Gasteiger partial charge in [-0.25, -0.2) is 9.98 Å². The summed E-state index contributed by atoms with van der Waals surface area (Å²) in [6, 6.07) is 4.26. The Morgan fingerprint density at radius 2 is 1.92 bits per heavy atom. The first-order valence-corrected chi connectivity index (χ1v) is 9.41. The van der Waals surface area contributed by atoms with E-state index in [1.165, 1.54) is 31.2 Å². The lowest BCUT2D eigenvalue weighted by molar-refractivity contribution is 0.615. The SMILES string of the molecule is CCNC(=NCc1ccnc(N2CCCCCC2)c1)NCC(C)C.I. The van der Waals surface area contributed by atoms with Crippen molar-refractivity contribution >= 4 is 35.8 Å². The van der Waals surface area contributed by atoms with E-state index in [2.05, 4.69) is 53.4 Å². The van der Waals surface area contributed by atoms with E-state index >= 15 is 0 Å². The molecular formula is C19H34IN5. The zero-order valence-electron chi connectivity index (χ0n) is 15.9. The van der Waals surface area contributed by atoms with Crippen molar-refractivity contribution in [3.8, 4) is 0 Å². The predicted molar refractivity (Wildman–Crippen MR) is 118 cm³/mol. The number of guanidine groups is 1. The van der Waals surface area contributed by atoms with Crippen molar-refractivity contribution in [3.05, 3.63) is 23.9 Å². The highest BCUT2D eigenvalue weighted by molar-refractivity contribution is 14.0. The van der Waals surface area contributed by atoms with Crippen LogP contribution in [0.1, 0.15) is 52.0 Å². The van der Waals surface area contributed by atoms with Gasteiger partial charge in [-0.3, -0.25) is 0 Å². The van der Waals surface area contributed by atoms with E-state index in [1.807, 2.05) is 6.20 Å². The van der Waals surface area contributed by atoms with Gasteiger partial charge < -0.3 is 15.5 Å². The molecular weight excluding hydrogens is 425 g/mol. The number of rotatable bonds is 6. The highest BCUT2D eigenvalue weighted by Gasteiger charge is 2.11. The van der Waals surface area contributed by atoms with Crippen molar-refractivity contribution in [1.29, 1.82) is 0 Å². The van der Waals surface area contributed by atoms with Gasteiger partial charge in [-0.15, -0.1) is 24.0 Å². The molecule has 1 aliphatic rings. The molecule has 0 spiro atoms. The molecule has 25 heavy (non-hydrogen) atoms. The number of nitrogens with one attached hydrogen (secondary N) is 2. The second-order valence-corrected chi connectivity index (χ2v) is 6.89. The second-order valence-electron chi connectivity index (χ2n) is 6.89. The van der Waals surface area contributed by atoms with E-state index in [0.29, 0.717) is 12.5 Å². The molecule has 1 fully saturated rings. The molecule has 5 nitrogen and oxygen atoms in total. The van der Waals surface area contributed by atoms with Crippen LogP contribution >= 0.6 is 24.0 Å². The van der Waals surface area contributed by atoms with E-state index < -0.39 is 0 Å². The van der Waals surface area contributed by atoms with Crippen molar-refractivity contribution in [3.63, 3.8) is 0 Å². The molecule has 2 N–H and O–H groups in total. The average molecular weight is 459 g/mol. The fraction of sp³-hybridized carbons (Fsp3) is 0.684. The molecule has 6 heteroatoms. The highest BCUT2D eigenvalue weighted by Crippen LogP contribution is 2.18. The molecule has 0 bridgehead atoms. The van der Waals surface area contributed by atoms with E-state index in [0.717, 1.165) is 38.0 Å². The van der Waals surface area contributed by atoms with Crippen LogP contribution in [0.4, 0.5) is 5.82 Å². The van der Waals surface area contributed by atoms with Crippen molar-refractivity contribution in [2.24, 2.45) is 10.9 Å². The fourth-order valence-corrected chi connectivity index (χ4v) is 2.84. The maximum absolute atomic E-state index is 4.71. The van der Waals surface area contributed by atoms with Gasteiger partial charge in [0, 0.05) is 32.4 Å². The summed E-state index contributed by atoms with van der Waals surface area (Å²) in [5, 5.41) is 6.70. The summed E-state index contributed by atoms with van der Waals surface area (Å²) in [4.78, 5) is 11.7. The van der Waals surface area contributed by atoms with Crippen molar-refractivity contribution < 1.29 is 0 Å². The standard InChI is InChI=1S/C19H33N5.HI/c1-4-20-19(22-14-16(2)3)23-15-17-9-10-21-18(13-17)24-11-7-5-6-8-12-24;/h9-10,13,16H,4-8,11-12,14-15H2,1-3H3,(H2,20,22,23);1H. The number of pyridine rings is 1. The van der Waals surface area contributed by atoms with Gasteiger partial charge in [-0.1, -0.05) is 26.7 Å².